The third-order valence-electron chi connectivity index (χ3n) is 4.01. The number of ether oxygens (including phenoxy) is 1. The van der Waals surface area contributed by atoms with E-state index in [0.29, 0.717) is 10.7 Å². The fourth-order valence-corrected chi connectivity index (χ4v) is 3.82. The van der Waals surface area contributed by atoms with Crippen LogP contribution in [0.15, 0.2) is 24.3 Å². The molecular formula is C15H20BrNO. The van der Waals surface area contributed by atoms with Crippen LogP contribution in [0, 0.1) is 0 Å². The van der Waals surface area contributed by atoms with Crippen LogP contribution in [0.1, 0.15) is 30.7 Å². The minimum absolute atomic E-state index is 0.646. The van der Waals surface area contributed by atoms with Crippen LogP contribution < -0.4 is 4.74 Å². The van der Waals surface area contributed by atoms with E-state index in [-0.39, 0.29) is 0 Å². The molecule has 2 aliphatic rings. The second-order valence-corrected chi connectivity index (χ2v) is 6.67. The number of halogens is 1. The first-order chi connectivity index (χ1) is 8.83. The highest BCUT2D eigenvalue weighted by molar-refractivity contribution is 9.09. The summed E-state index contributed by atoms with van der Waals surface area (Å²) in [5, 5.41) is 0. The molecule has 18 heavy (non-hydrogen) atoms. The first-order valence-corrected chi connectivity index (χ1v) is 7.82. The van der Waals surface area contributed by atoms with Crippen molar-refractivity contribution in [2.24, 2.45) is 0 Å². The summed E-state index contributed by atoms with van der Waals surface area (Å²) in [6, 6.07) is 8.53. The van der Waals surface area contributed by atoms with Crippen molar-refractivity contribution in [3.05, 3.63) is 29.8 Å². The summed E-state index contributed by atoms with van der Waals surface area (Å²) < 4.78 is 5.74. The lowest BCUT2D eigenvalue weighted by Gasteiger charge is -2.35. The Morgan fingerprint density at radius 2 is 2.17 bits per heavy atom. The van der Waals surface area contributed by atoms with Crippen molar-refractivity contribution < 1.29 is 4.74 Å². The van der Waals surface area contributed by atoms with Gasteiger partial charge in [-0.25, -0.2) is 0 Å². The molecule has 98 valence electrons. The molecule has 2 aliphatic heterocycles. The summed E-state index contributed by atoms with van der Waals surface area (Å²) in [4.78, 5) is 3.29. The summed E-state index contributed by atoms with van der Waals surface area (Å²) >= 11 is 3.76. The maximum Gasteiger partial charge on any atom is 0.122 e. The molecule has 0 aliphatic carbocycles. The van der Waals surface area contributed by atoms with Crippen LogP contribution in [0.5, 0.6) is 5.75 Å². The predicted molar refractivity (Wildman–Crippen MR) is 77.7 cm³/mol. The van der Waals surface area contributed by atoms with E-state index >= 15 is 0 Å². The van der Waals surface area contributed by atoms with Crippen molar-refractivity contribution in [3.63, 3.8) is 0 Å². The number of hydrogen-bond donors (Lipinski definition) is 0. The van der Waals surface area contributed by atoms with Gasteiger partial charge in [0.1, 0.15) is 5.75 Å². The molecule has 1 saturated heterocycles. The number of piperidine rings is 1. The summed E-state index contributed by atoms with van der Waals surface area (Å²) in [7, 11) is 0. The third kappa shape index (κ3) is 2.72. The van der Waals surface area contributed by atoms with Gasteiger partial charge in [0.15, 0.2) is 0 Å². The lowest BCUT2D eigenvalue weighted by molar-refractivity contribution is 0.192. The van der Waals surface area contributed by atoms with Gasteiger partial charge in [-0.05, 0) is 37.4 Å². The number of rotatable bonds is 2. The Labute approximate surface area is 117 Å². The van der Waals surface area contributed by atoms with Crippen LogP contribution in [0.3, 0.4) is 0 Å². The number of hydrogen-bond acceptors (Lipinski definition) is 2. The molecule has 2 unspecified atom stereocenters. The largest absolute Gasteiger partial charge is 0.493 e. The SMILES string of the molecule is BrC1CCCN(CC2CCOc3ccccc32)C1. The van der Waals surface area contributed by atoms with Crippen LogP contribution in [0.2, 0.25) is 0 Å². The molecule has 1 fully saturated rings. The zero-order chi connectivity index (χ0) is 12.4. The second-order valence-electron chi connectivity index (χ2n) is 5.37. The smallest absolute Gasteiger partial charge is 0.122 e. The molecule has 2 heterocycles. The molecule has 1 aromatic rings. The third-order valence-corrected chi connectivity index (χ3v) is 4.76. The van der Waals surface area contributed by atoms with Gasteiger partial charge in [-0.1, -0.05) is 34.1 Å². The molecule has 3 heteroatoms. The fourth-order valence-electron chi connectivity index (χ4n) is 3.08. The normalized spacial score (nSPS) is 28.5. The molecule has 0 amide bonds. The average Bonchev–Trinajstić information content (AvgIpc) is 2.39. The van der Waals surface area contributed by atoms with Gasteiger partial charge in [-0.15, -0.1) is 0 Å². The van der Waals surface area contributed by atoms with E-state index in [0.717, 1.165) is 18.8 Å². The van der Waals surface area contributed by atoms with Gasteiger partial charge < -0.3 is 9.64 Å². The van der Waals surface area contributed by atoms with Crippen LogP contribution in [-0.2, 0) is 0 Å². The highest BCUT2D eigenvalue weighted by atomic mass is 79.9. The first kappa shape index (κ1) is 12.5. The summed E-state index contributed by atoms with van der Waals surface area (Å²) in [6.07, 6.45) is 3.79. The van der Waals surface area contributed by atoms with E-state index in [2.05, 4.69) is 45.1 Å². The molecule has 2 nitrogen and oxygen atoms in total. The van der Waals surface area contributed by atoms with Crippen molar-refractivity contribution in [2.45, 2.75) is 30.0 Å². The van der Waals surface area contributed by atoms with Gasteiger partial charge in [-0.2, -0.15) is 0 Å². The molecule has 0 spiro atoms. The van der Waals surface area contributed by atoms with Gasteiger partial charge in [0, 0.05) is 23.8 Å². The summed E-state index contributed by atoms with van der Waals surface area (Å²) in [6.45, 7) is 4.50. The van der Waals surface area contributed by atoms with Crippen molar-refractivity contribution in [3.8, 4) is 5.75 Å². The van der Waals surface area contributed by atoms with Crippen molar-refractivity contribution in [1.29, 1.82) is 0 Å². The van der Waals surface area contributed by atoms with Gasteiger partial charge in [-0.3, -0.25) is 0 Å². The molecule has 1 aromatic carbocycles. The Balaban J connectivity index is 1.70. The highest BCUT2D eigenvalue weighted by Crippen LogP contribution is 2.34. The maximum atomic E-state index is 5.74. The average molecular weight is 310 g/mol. The summed E-state index contributed by atoms with van der Waals surface area (Å²) in [5.74, 6) is 1.74. The Morgan fingerprint density at radius 1 is 1.28 bits per heavy atom. The van der Waals surface area contributed by atoms with Crippen LogP contribution >= 0.6 is 15.9 Å². The number of likely N-dealkylation sites (tertiary alicyclic amines) is 1. The zero-order valence-corrected chi connectivity index (χ0v) is 12.2. The monoisotopic (exact) mass is 309 g/mol. The van der Waals surface area contributed by atoms with Gasteiger partial charge in [0.2, 0.25) is 0 Å². The predicted octanol–water partition coefficient (Wildman–Crippen LogP) is 3.41. The minimum Gasteiger partial charge on any atom is -0.493 e. The number of fused-ring (bicyclic) bond motifs is 1. The quantitative estimate of drug-likeness (QED) is 0.776. The first-order valence-electron chi connectivity index (χ1n) is 6.91. The molecular weight excluding hydrogens is 290 g/mol. The molecule has 0 bridgehead atoms. The topological polar surface area (TPSA) is 12.5 Å². The number of nitrogens with zero attached hydrogens (tertiary/aromatic N) is 1. The zero-order valence-electron chi connectivity index (χ0n) is 10.6. The Kier molecular flexibility index (Phi) is 3.90. The Morgan fingerprint density at radius 3 is 3.06 bits per heavy atom. The van der Waals surface area contributed by atoms with Crippen molar-refractivity contribution in [2.75, 3.05) is 26.2 Å². The van der Waals surface area contributed by atoms with E-state index in [4.69, 9.17) is 4.74 Å². The molecule has 0 aromatic heterocycles. The lowest BCUT2D eigenvalue weighted by Crippen LogP contribution is -2.39. The number of para-hydroxylation sites is 1. The van der Waals surface area contributed by atoms with Crippen LogP contribution in [-0.4, -0.2) is 36.0 Å². The molecule has 0 radical (unpaired) electrons. The van der Waals surface area contributed by atoms with E-state index in [9.17, 15) is 0 Å². The second kappa shape index (κ2) is 5.62. The van der Waals surface area contributed by atoms with Gasteiger partial charge >= 0.3 is 0 Å². The van der Waals surface area contributed by atoms with E-state index in [1.807, 2.05) is 0 Å². The molecule has 3 rings (SSSR count). The standard InChI is InChI=1S/C15H20BrNO/c16-13-4-3-8-17(11-13)10-12-7-9-18-15-6-2-1-5-14(12)15/h1-2,5-6,12-13H,3-4,7-11H2. The van der Waals surface area contributed by atoms with Crippen LogP contribution in [0.25, 0.3) is 0 Å². The molecule has 0 saturated carbocycles. The van der Waals surface area contributed by atoms with Crippen LogP contribution in [0.4, 0.5) is 0 Å². The van der Waals surface area contributed by atoms with Gasteiger partial charge in [0.25, 0.3) is 0 Å². The fraction of sp³-hybridized carbons (Fsp3) is 0.600. The van der Waals surface area contributed by atoms with Gasteiger partial charge in [0.05, 0.1) is 6.61 Å². The summed E-state index contributed by atoms with van der Waals surface area (Å²) in [5.41, 5.74) is 1.40. The molecule has 2 atom stereocenters. The Hall–Kier alpha value is -0.540. The maximum absolute atomic E-state index is 5.74. The highest BCUT2D eigenvalue weighted by Gasteiger charge is 2.25. The molecule has 0 N–H and O–H groups in total. The minimum atomic E-state index is 0.646. The Bertz CT molecular complexity index is 409. The van der Waals surface area contributed by atoms with E-state index < -0.39 is 0 Å². The number of alkyl halides is 1. The van der Waals surface area contributed by atoms with Crippen molar-refractivity contribution in [1.82, 2.24) is 4.90 Å². The van der Waals surface area contributed by atoms with Crippen molar-refractivity contribution >= 4 is 15.9 Å². The lowest BCUT2D eigenvalue weighted by atomic mass is 9.92. The van der Waals surface area contributed by atoms with E-state index in [1.54, 1.807) is 0 Å². The number of benzene rings is 1. The van der Waals surface area contributed by atoms with E-state index in [1.165, 1.54) is 38.0 Å².